The normalized spacial score (nSPS) is 22.8. The van der Waals surface area contributed by atoms with Gasteiger partial charge in [0.2, 0.25) is 0 Å². The molecule has 188 valence electrons. The molecule has 0 heterocycles. The topological polar surface area (TPSA) is 78.9 Å². The number of carbonyl (C=O) groups is 3. The van der Waals surface area contributed by atoms with Crippen LogP contribution in [-0.4, -0.2) is 38.2 Å². The first-order valence-corrected chi connectivity index (χ1v) is 12.4. The molecule has 0 bridgehead atoms. The molecule has 4 rings (SSSR count). The van der Waals surface area contributed by atoms with Gasteiger partial charge >= 0.3 is 17.9 Å². The Morgan fingerprint density at radius 3 is 1.97 bits per heavy atom. The molecule has 0 amide bonds. The predicted molar refractivity (Wildman–Crippen MR) is 136 cm³/mol. The van der Waals surface area contributed by atoms with E-state index in [-0.39, 0.29) is 25.1 Å². The van der Waals surface area contributed by atoms with E-state index in [1.54, 1.807) is 13.8 Å². The molecule has 6 nitrogen and oxygen atoms in total. The first-order chi connectivity index (χ1) is 17.5. The quantitative estimate of drug-likeness (QED) is 0.223. The molecular formula is C30H32O6. The van der Waals surface area contributed by atoms with Gasteiger partial charge in [0.05, 0.1) is 25.7 Å². The standard InChI is InChI=1S/C30H32O6/c1-4-35-27(31)26(28(32)36-5-2)22-16-17-30(29(33)34-3)19-23(20-12-8-6-9-13-20)25(24(30)18-22)21-14-10-7-11-15-21/h6-17,22,24,26H,4-5,18-19H2,1-3H3/t22-,24-,30-/m0/s1. The van der Waals surface area contributed by atoms with Gasteiger partial charge in [0.15, 0.2) is 5.92 Å². The third-order valence-corrected chi connectivity index (χ3v) is 7.20. The minimum Gasteiger partial charge on any atom is -0.468 e. The summed E-state index contributed by atoms with van der Waals surface area (Å²) in [6.07, 6.45) is 4.52. The molecule has 36 heavy (non-hydrogen) atoms. The van der Waals surface area contributed by atoms with Crippen LogP contribution >= 0.6 is 0 Å². The van der Waals surface area contributed by atoms with Crippen LogP contribution in [0.4, 0.5) is 0 Å². The molecule has 0 N–H and O–H groups in total. The monoisotopic (exact) mass is 488 g/mol. The second-order valence-corrected chi connectivity index (χ2v) is 9.13. The summed E-state index contributed by atoms with van der Waals surface area (Å²) in [5.41, 5.74) is 3.20. The molecule has 0 spiro atoms. The maximum Gasteiger partial charge on any atom is 0.320 e. The third kappa shape index (κ3) is 4.60. The van der Waals surface area contributed by atoms with E-state index in [2.05, 4.69) is 0 Å². The van der Waals surface area contributed by atoms with Crippen molar-refractivity contribution in [3.05, 3.63) is 83.9 Å². The number of rotatable bonds is 8. The molecule has 0 saturated carbocycles. The first kappa shape index (κ1) is 25.4. The van der Waals surface area contributed by atoms with Gasteiger partial charge in [-0.3, -0.25) is 14.4 Å². The maximum atomic E-state index is 13.4. The fourth-order valence-corrected chi connectivity index (χ4v) is 5.65. The van der Waals surface area contributed by atoms with Gasteiger partial charge < -0.3 is 14.2 Å². The second-order valence-electron chi connectivity index (χ2n) is 9.13. The van der Waals surface area contributed by atoms with Crippen molar-refractivity contribution in [2.75, 3.05) is 20.3 Å². The van der Waals surface area contributed by atoms with Crippen LogP contribution in [-0.2, 0) is 28.6 Å². The van der Waals surface area contributed by atoms with Gasteiger partial charge in [-0.1, -0.05) is 72.8 Å². The summed E-state index contributed by atoms with van der Waals surface area (Å²) in [6, 6.07) is 20.0. The Labute approximate surface area is 211 Å². The molecule has 2 aliphatic carbocycles. The van der Waals surface area contributed by atoms with Gasteiger partial charge in [0.1, 0.15) is 0 Å². The highest BCUT2D eigenvalue weighted by Gasteiger charge is 2.56. The molecule has 0 saturated heterocycles. The molecule has 0 unspecified atom stereocenters. The Kier molecular flexibility index (Phi) is 7.73. The first-order valence-electron chi connectivity index (χ1n) is 12.4. The van der Waals surface area contributed by atoms with Crippen molar-refractivity contribution in [2.45, 2.75) is 26.7 Å². The van der Waals surface area contributed by atoms with Crippen molar-refractivity contribution in [2.24, 2.45) is 23.2 Å². The fourth-order valence-electron chi connectivity index (χ4n) is 5.65. The van der Waals surface area contributed by atoms with E-state index in [0.29, 0.717) is 12.8 Å². The van der Waals surface area contributed by atoms with E-state index >= 15 is 0 Å². The summed E-state index contributed by atoms with van der Waals surface area (Å²) in [5, 5.41) is 0. The highest BCUT2D eigenvalue weighted by atomic mass is 16.6. The molecule has 2 aromatic carbocycles. The van der Waals surface area contributed by atoms with E-state index in [0.717, 1.165) is 22.3 Å². The van der Waals surface area contributed by atoms with Crippen LogP contribution in [0.15, 0.2) is 72.8 Å². The van der Waals surface area contributed by atoms with Crippen molar-refractivity contribution >= 4 is 29.1 Å². The van der Waals surface area contributed by atoms with Crippen LogP contribution in [0.1, 0.15) is 37.8 Å². The van der Waals surface area contributed by atoms with Gasteiger partial charge in [-0.05, 0) is 49.0 Å². The average Bonchev–Trinajstić information content (AvgIpc) is 3.25. The highest BCUT2D eigenvalue weighted by molar-refractivity contribution is 6.02. The summed E-state index contributed by atoms with van der Waals surface area (Å²) in [5.74, 6) is -3.44. The van der Waals surface area contributed by atoms with Crippen LogP contribution < -0.4 is 0 Å². The second kappa shape index (κ2) is 10.9. The van der Waals surface area contributed by atoms with Gasteiger partial charge in [0.25, 0.3) is 0 Å². The van der Waals surface area contributed by atoms with E-state index < -0.39 is 29.2 Å². The third-order valence-electron chi connectivity index (χ3n) is 7.20. The zero-order chi connectivity index (χ0) is 25.7. The van der Waals surface area contributed by atoms with Crippen molar-refractivity contribution in [1.82, 2.24) is 0 Å². The SMILES string of the molecule is CCOC(=O)C(C(=O)OCC)[C@H]1C=C[C@]2(C(=O)OC)CC(c3ccccc3)=C(c3ccccc3)[C@@H]2C1. The van der Waals surface area contributed by atoms with Crippen LogP contribution in [0, 0.1) is 23.2 Å². The lowest BCUT2D eigenvalue weighted by molar-refractivity contribution is -0.164. The van der Waals surface area contributed by atoms with Crippen LogP contribution in [0.2, 0.25) is 0 Å². The number of allylic oxidation sites excluding steroid dienone is 3. The van der Waals surface area contributed by atoms with E-state index in [1.807, 2.05) is 72.8 Å². The Morgan fingerprint density at radius 1 is 0.889 bits per heavy atom. The molecule has 0 aromatic heterocycles. The van der Waals surface area contributed by atoms with Crippen molar-refractivity contribution in [3.63, 3.8) is 0 Å². The van der Waals surface area contributed by atoms with Crippen molar-refractivity contribution < 1.29 is 28.6 Å². The zero-order valence-corrected chi connectivity index (χ0v) is 20.9. The molecular weight excluding hydrogens is 456 g/mol. The number of methoxy groups -OCH3 is 1. The highest BCUT2D eigenvalue weighted by Crippen LogP contribution is 2.60. The summed E-state index contributed by atoms with van der Waals surface area (Å²) in [6.45, 7) is 3.74. The van der Waals surface area contributed by atoms with E-state index in [1.165, 1.54) is 7.11 Å². The predicted octanol–water partition coefficient (Wildman–Crippen LogP) is 5.10. The number of benzene rings is 2. The Bertz CT molecular complexity index is 1150. The lowest BCUT2D eigenvalue weighted by Crippen LogP contribution is -2.43. The summed E-state index contributed by atoms with van der Waals surface area (Å²) >= 11 is 0. The molecule has 0 radical (unpaired) electrons. The lowest BCUT2D eigenvalue weighted by Gasteiger charge is -2.38. The van der Waals surface area contributed by atoms with Gasteiger partial charge in [0, 0.05) is 11.8 Å². The average molecular weight is 489 g/mol. The largest absolute Gasteiger partial charge is 0.468 e. The Morgan fingerprint density at radius 2 is 1.44 bits per heavy atom. The molecule has 0 aliphatic heterocycles. The van der Waals surface area contributed by atoms with Gasteiger partial charge in [-0.2, -0.15) is 0 Å². The fraction of sp³-hybridized carbons (Fsp3) is 0.367. The molecule has 2 aliphatic rings. The summed E-state index contributed by atoms with van der Waals surface area (Å²) < 4.78 is 15.8. The minimum absolute atomic E-state index is 0.161. The summed E-state index contributed by atoms with van der Waals surface area (Å²) in [4.78, 5) is 39.2. The van der Waals surface area contributed by atoms with E-state index in [9.17, 15) is 14.4 Å². The van der Waals surface area contributed by atoms with Crippen LogP contribution in [0.5, 0.6) is 0 Å². The van der Waals surface area contributed by atoms with Gasteiger partial charge in [-0.15, -0.1) is 0 Å². The number of hydrogen-bond donors (Lipinski definition) is 0. The Hall–Kier alpha value is -3.67. The number of esters is 3. The number of ether oxygens (including phenoxy) is 3. The lowest BCUT2D eigenvalue weighted by atomic mass is 9.64. The minimum atomic E-state index is -1.10. The number of fused-ring (bicyclic) bond motifs is 1. The maximum absolute atomic E-state index is 13.4. The molecule has 0 fully saturated rings. The van der Waals surface area contributed by atoms with Gasteiger partial charge in [-0.25, -0.2) is 0 Å². The summed E-state index contributed by atoms with van der Waals surface area (Å²) in [7, 11) is 1.40. The van der Waals surface area contributed by atoms with Crippen LogP contribution in [0.3, 0.4) is 0 Å². The Balaban J connectivity index is 1.86. The molecule has 6 heteroatoms. The number of hydrogen-bond acceptors (Lipinski definition) is 6. The van der Waals surface area contributed by atoms with E-state index in [4.69, 9.17) is 14.2 Å². The zero-order valence-electron chi connectivity index (χ0n) is 20.9. The van der Waals surface area contributed by atoms with Crippen molar-refractivity contribution in [3.8, 4) is 0 Å². The molecule has 3 atom stereocenters. The number of carbonyl (C=O) groups excluding carboxylic acids is 3. The smallest absolute Gasteiger partial charge is 0.320 e. The van der Waals surface area contributed by atoms with Crippen LogP contribution in [0.25, 0.3) is 11.1 Å². The molecule has 2 aromatic rings. The van der Waals surface area contributed by atoms with Crippen molar-refractivity contribution in [1.29, 1.82) is 0 Å².